The zero-order valence-electron chi connectivity index (χ0n) is 9.72. The molecule has 1 fully saturated rings. The topological polar surface area (TPSA) is 57.6 Å². The molecule has 1 aliphatic rings. The van der Waals surface area contributed by atoms with Crippen LogP contribution in [0.3, 0.4) is 0 Å². The fourth-order valence-electron chi connectivity index (χ4n) is 2.11. The van der Waals surface area contributed by atoms with Crippen LogP contribution in [0.5, 0.6) is 0 Å². The molecule has 4 heteroatoms. The van der Waals surface area contributed by atoms with Gasteiger partial charge >= 0.3 is 5.97 Å². The molecule has 1 N–H and O–H groups in total. The average Bonchev–Trinajstić information content (AvgIpc) is 2.77. The summed E-state index contributed by atoms with van der Waals surface area (Å²) >= 11 is 0. The number of nitrogens with zero attached hydrogens (tertiary/aromatic N) is 1. The van der Waals surface area contributed by atoms with Gasteiger partial charge in [0.2, 0.25) is 0 Å². The van der Waals surface area contributed by atoms with Gasteiger partial charge in [-0.05, 0) is 25.5 Å². The van der Waals surface area contributed by atoms with Gasteiger partial charge in [-0.1, -0.05) is 17.7 Å². The molecule has 1 saturated heterocycles. The third kappa shape index (κ3) is 2.46. The number of carboxylic acid groups (broad SMARTS) is 1. The zero-order chi connectivity index (χ0) is 12.4. The molecule has 0 aromatic heterocycles. The van der Waals surface area contributed by atoms with E-state index in [4.69, 9.17) is 5.11 Å². The molecule has 90 valence electrons. The van der Waals surface area contributed by atoms with Crippen molar-refractivity contribution in [3.8, 4) is 0 Å². The van der Waals surface area contributed by atoms with E-state index in [0.29, 0.717) is 25.1 Å². The van der Waals surface area contributed by atoms with Crippen molar-refractivity contribution >= 4 is 11.9 Å². The minimum atomic E-state index is -0.815. The van der Waals surface area contributed by atoms with Gasteiger partial charge in [0.15, 0.2) is 0 Å². The SMILES string of the molecule is Cc1cccc(C(=O)N2CC[C@@H](C(=O)O)C2)c1. The summed E-state index contributed by atoms with van der Waals surface area (Å²) in [5.41, 5.74) is 1.67. The van der Waals surface area contributed by atoms with Crippen LogP contribution >= 0.6 is 0 Å². The lowest BCUT2D eigenvalue weighted by molar-refractivity contribution is -0.141. The standard InChI is InChI=1S/C13H15NO3/c1-9-3-2-4-10(7-9)12(15)14-6-5-11(8-14)13(16)17/h2-4,7,11H,5-6,8H2,1H3,(H,16,17)/t11-/m1/s1. The molecular weight excluding hydrogens is 218 g/mol. The van der Waals surface area contributed by atoms with E-state index >= 15 is 0 Å². The Labute approximate surface area is 99.9 Å². The first-order valence-corrected chi connectivity index (χ1v) is 5.66. The molecule has 1 aliphatic heterocycles. The number of hydrogen-bond acceptors (Lipinski definition) is 2. The summed E-state index contributed by atoms with van der Waals surface area (Å²) in [6.07, 6.45) is 0.549. The third-order valence-electron chi connectivity index (χ3n) is 3.09. The summed E-state index contributed by atoms with van der Waals surface area (Å²) in [6.45, 7) is 2.78. The maximum Gasteiger partial charge on any atom is 0.308 e. The molecule has 1 atom stereocenters. The van der Waals surface area contributed by atoms with Crippen molar-refractivity contribution in [2.75, 3.05) is 13.1 Å². The number of carbonyl (C=O) groups is 2. The van der Waals surface area contributed by atoms with E-state index in [1.165, 1.54) is 0 Å². The number of hydrogen-bond donors (Lipinski definition) is 1. The van der Waals surface area contributed by atoms with Crippen molar-refractivity contribution in [2.45, 2.75) is 13.3 Å². The first-order chi connectivity index (χ1) is 8.08. The highest BCUT2D eigenvalue weighted by Gasteiger charge is 2.31. The van der Waals surface area contributed by atoms with E-state index < -0.39 is 11.9 Å². The van der Waals surface area contributed by atoms with Gasteiger partial charge in [-0.15, -0.1) is 0 Å². The quantitative estimate of drug-likeness (QED) is 0.843. The number of aryl methyl sites for hydroxylation is 1. The molecule has 0 spiro atoms. The first-order valence-electron chi connectivity index (χ1n) is 5.66. The maximum atomic E-state index is 12.1. The van der Waals surface area contributed by atoms with E-state index in [-0.39, 0.29) is 5.91 Å². The molecule has 4 nitrogen and oxygen atoms in total. The van der Waals surface area contributed by atoms with Crippen LogP contribution < -0.4 is 0 Å². The number of carboxylic acids is 1. The van der Waals surface area contributed by atoms with Gasteiger partial charge in [-0.25, -0.2) is 0 Å². The number of likely N-dealkylation sites (tertiary alicyclic amines) is 1. The van der Waals surface area contributed by atoms with E-state index in [0.717, 1.165) is 5.56 Å². The van der Waals surface area contributed by atoms with Crippen LogP contribution in [0.4, 0.5) is 0 Å². The highest BCUT2D eigenvalue weighted by molar-refractivity contribution is 5.95. The van der Waals surface area contributed by atoms with Gasteiger partial charge in [0, 0.05) is 18.7 Å². The molecule has 1 aromatic rings. The maximum absolute atomic E-state index is 12.1. The van der Waals surface area contributed by atoms with Crippen molar-refractivity contribution < 1.29 is 14.7 Å². The van der Waals surface area contributed by atoms with Gasteiger partial charge in [0.05, 0.1) is 5.92 Å². The summed E-state index contributed by atoms with van der Waals surface area (Å²) in [4.78, 5) is 24.5. The Kier molecular flexibility index (Phi) is 3.13. The predicted molar refractivity (Wildman–Crippen MR) is 62.8 cm³/mol. The number of aliphatic carboxylic acids is 1. The predicted octanol–water partition coefficient (Wildman–Crippen LogP) is 1.54. The molecule has 2 rings (SSSR count). The van der Waals surface area contributed by atoms with Crippen LogP contribution in [-0.2, 0) is 4.79 Å². The van der Waals surface area contributed by atoms with Crippen LogP contribution in [-0.4, -0.2) is 35.0 Å². The average molecular weight is 233 g/mol. The van der Waals surface area contributed by atoms with E-state index in [1.54, 1.807) is 11.0 Å². The Morgan fingerprint density at radius 2 is 2.18 bits per heavy atom. The van der Waals surface area contributed by atoms with E-state index in [1.807, 2.05) is 25.1 Å². The van der Waals surface area contributed by atoms with Crippen molar-refractivity contribution in [1.29, 1.82) is 0 Å². The fraction of sp³-hybridized carbons (Fsp3) is 0.385. The third-order valence-corrected chi connectivity index (χ3v) is 3.09. The van der Waals surface area contributed by atoms with E-state index in [9.17, 15) is 9.59 Å². The molecule has 1 heterocycles. The summed E-state index contributed by atoms with van der Waals surface area (Å²) < 4.78 is 0. The van der Waals surface area contributed by atoms with Crippen LogP contribution in [0.25, 0.3) is 0 Å². The largest absolute Gasteiger partial charge is 0.481 e. The molecule has 1 amide bonds. The lowest BCUT2D eigenvalue weighted by Crippen LogP contribution is -2.29. The Morgan fingerprint density at radius 1 is 1.41 bits per heavy atom. The van der Waals surface area contributed by atoms with Crippen molar-refractivity contribution in [3.05, 3.63) is 35.4 Å². The zero-order valence-corrected chi connectivity index (χ0v) is 9.72. The normalized spacial score (nSPS) is 19.4. The Hall–Kier alpha value is -1.84. The second kappa shape index (κ2) is 4.57. The first kappa shape index (κ1) is 11.6. The molecule has 17 heavy (non-hydrogen) atoms. The highest BCUT2D eigenvalue weighted by Crippen LogP contribution is 2.19. The van der Waals surface area contributed by atoms with Crippen molar-refractivity contribution in [1.82, 2.24) is 4.90 Å². The van der Waals surface area contributed by atoms with Crippen LogP contribution in [0.2, 0.25) is 0 Å². The summed E-state index contributed by atoms with van der Waals surface area (Å²) in [7, 11) is 0. The minimum absolute atomic E-state index is 0.0718. The Morgan fingerprint density at radius 3 is 2.76 bits per heavy atom. The summed E-state index contributed by atoms with van der Waals surface area (Å²) in [5.74, 6) is -1.30. The molecule has 0 bridgehead atoms. The van der Waals surface area contributed by atoms with E-state index in [2.05, 4.69) is 0 Å². The Balaban J connectivity index is 2.09. The van der Waals surface area contributed by atoms with Gasteiger partial charge < -0.3 is 10.0 Å². The summed E-state index contributed by atoms with van der Waals surface area (Å²) in [6, 6.07) is 7.37. The van der Waals surface area contributed by atoms with Crippen LogP contribution in [0, 0.1) is 12.8 Å². The monoisotopic (exact) mass is 233 g/mol. The molecular formula is C13H15NO3. The molecule has 0 radical (unpaired) electrons. The van der Waals surface area contributed by atoms with Gasteiger partial charge in [-0.3, -0.25) is 9.59 Å². The number of rotatable bonds is 2. The van der Waals surface area contributed by atoms with Crippen LogP contribution in [0.15, 0.2) is 24.3 Å². The highest BCUT2D eigenvalue weighted by atomic mass is 16.4. The van der Waals surface area contributed by atoms with Gasteiger partial charge in [0.1, 0.15) is 0 Å². The lowest BCUT2D eigenvalue weighted by atomic mass is 10.1. The number of amides is 1. The summed E-state index contributed by atoms with van der Waals surface area (Å²) in [5, 5.41) is 8.89. The second-order valence-electron chi connectivity index (χ2n) is 4.44. The second-order valence-corrected chi connectivity index (χ2v) is 4.44. The van der Waals surface area contributed by atoms with Gasteiger partial charge in [-0.2, -0.15) is 0 Å². The minimum Gasteiger partial charge on any atom is -0.481 e. The molecule has 0 aliphatic carbocycles. The number of carbonyl (C=O) groups excluding carboxylic acids is 1. The van der Waals surface area contributed by atoms with Crippen LogP contribution in [0.1, 0.15) is 22.3 Å². The molecule has 0 saturated carbocycles. The van der Waals surface area contributed by atoms with Crippen molar-refractivity contribution in [2.24, 2.45) is 5.92 Å². The molecule has 0 unspecified atom stereocenters. The molecule has 1 aromatic carbocycles. The number of benzene rings is 1. The van der Waals surface area contributed by atoms with Gasteiger partial charge in [0.25, 0.3) is 5.91 Å². The van der Waals surface area contributed by atoms with Crippen molar-refractivity contribution in [3.63, 3.8) is 0 Å². The Bertz CT molecular complexity index is 456. The lowest BCUT2D eigenvalue weighted by Gasteiger charge is -2.15. The fourth-order valence-corrected chi connectivity index (χ4v) is 2.11. The smallest absolute Gasteiger partial charge is 0.308 e.